The lowest BCUT2D eigenvalue weighted by Crippen LogP contribution is -2.37. The van der Waals surface area contributed by atoms with Crippen LogP contribution in [0.2, 0.25) is 0 Å². The summed E-state index contributed by atoms with van der Waals surface area (Å²) < 4.78 is 50.9. The van der Waals surface area contributed by atoms with Crippen LogP contribution < -0.4 is 5.46 Å². The van der Waals surface area contributed by atoms with E-state index >= 15 is 0 Å². The largest absolute Gasteiger partial charge is 0.493 e. The third kappa shape index (κ3) is 1.67. The first-order valence-corrected chi connectivity index (χ1v) is 3.53. The van der Waals surface area contributed by atoms with Crippen molar-refractivity contribution in [2.24, 2.45) is 0 Å². The summed E-state index contributed by atoms with van der Waals surface area (Å²) in [5.41, 5.74) is -2.60. The van der Waals surface area contributed by atoms with E-state index in [2.05, 4.69) is 0 Å². The highest BCUT2D eigenvalue weighted by atomic mass is 19.2. The third-order valence-electron chi connectivity index (χ3n) is 1.67. The highest BCUT2D eigenvalue weighted by molar-refractivity contribution is 6.59. The van der Waals surface area contributed by atoms with Gasteiger partial charge in [-0.15, -0.1) is 0 Å². The van der Waals surface area contributed by atoms with Crippen LogP contribution in [0.25, 0.3) is 0 Å². The van der Waals surface area contributed by atoms with E-state index in [1.165, 1.54) is 0 Å². The van der Waals surface area contributed by atoms with E-state index in [1.807, 2.05) is 0 Å². The van der Waals surface area contributed by atoms with Gasteiger partial charge in [0.05, 0.1) is 5.56 Å². The van der Waals surface area contributed by atoms with Crippen molar-refractivity contribution in [2.45, 2.75) is 0 Å². The van der Waals surface area contributed by atoms with Crippen LogP contribution in [0.1, 0.15) is 5.56 Å². The molecule has 0 aliphatic heterocycles. The molecule has 2 N–H and O–H groups in total. The van der Waals surface area contributed by atoms with E-state index in [1.54, 1.807) is 0 Å². The molecule has 0 saturated heterocycles. The Bertz CT molecular complexity index is 458. The summed E-state index contributed by atoms with van der Waals surface area (Å²) in [4.78, 5) is 0. The summed E-state index contributed by atoms with van der Waals surface area (Å²) in [6.07, 6.45) is 0. The minimum atomic E-state index is -2.61. The number of halogens is 4. The maximum Gasteiger partial charge on any atom is 0.493 e. The van der Waals surface area contributed by atoms with E-state index in [0.717, 1.165) is 6.07 Å². The van der Waals surface area contributed by atoms with Crippen molar-refractivity contribution < 1.29 is 27.6 Å². The topological polar surface area (TPSA) is 64.2 Å². The van der Waals surface area contributed by atoms with Gasteiger partial charge in [-0.1, -0.05) is 0 Å². The van der Waals surface area contributed by atoms with Gasteiger partial charge < -0.3 is 10.0 Å². The van der Waals surface area contributed by atoms with Crippen LogP contribution in [0.3, 0.4) is 0 Å². The van der Waals surface area contributed by atoms with Gasteiger partial charge in [-0.3, -0.25) is 0 Å². The van der Waals surface area contributed by atoms with Crippen molar-refractivity contribution in [3.8, 4) is 6.07 Å². The van der Waals surface area contributed by atoms with Crippen LogP contribution >= 0.6 is 0 Å². The number of nitriles is 1. The maximum atomic E-state index is 12.9. The monoisotopic (exact) mass is 219 g/mol. The number of benzene rings is 1. The number of hydrogen-bond acceptors (Lipinski definition) is 3. The van der Waals surface area contributed by atoms with Crippen molar-refractivity contribution in [3.05, 3.63) is 28.8 Å². The molecule has 8 heteroatoms. The first-order chi connectivity index (χ1) is 6.91. The molecule has 0 unspecified atom stereocenters. The van der Waals surface area contributed by atoms with Gasteiger partial charge >= 0.3 is 7.12 Å². The van der Waals surface area contributed by atoms with E-state index < -0.39 is 41.4 Å². The van der Waals surface area contributed by atoms with Crippen LogP contribution in [0.15, 0.2) is 0 Å². The lowest BCUT2D eigenvalue weighted by atomic mass is 9.76. The average Bonchev–Trinajstić information content (AvgIpc) is 2.19. The molecule has 78 valence electrons. The number of nitrogens with zero attached hydrogens (tertiary/aromatic N) is 1. The Morgan fingerprint density at radius 2 is 1.40 bits per heavy atom. The van der Waals surface area contributed by atoms with Gasteiger partial charge in [0.15, 0.2) is 23.3 Å². The third-order valence-corrected chi connectivity index (χ3v) is 1.67. The Kier molecular flexibility index (Phi) is 2.97. The van der Waals surface area contributed by atoms with Crippen LogP contribution in [-0.2, 0) is 0 Å². The summed E-state index contributed by atoms with van der Waals surface area (Å²) in [6, 6.07) is 1.01. The van der Waals surface area contributed by atoms with Crippen molar-refractivity contribution >= 4 is 12.6 Å². The molecule has 0 aliphatic carbocycles. The van der Waals surface area contributed by atoms with E-state index in [-0.39, 0.29) is 0 Å². The van der Waals surface area contributed by atoms with Gasteiger partial charge in [0, 0.05) is 5.46 Å². The SMILES string of the molecule is N#Cc1c(F)c(F)c(F)c(F)c1B(O)O. The molecule has 3 nitrogen and oxygen atoms in total. The van der Waals surface area contributed by atoms with E-state index in [9.17, 15) is 17.6 Å². The normalized spacial score (nSPS) is 9.93. The molecule has 0 bridgehead atoms. The molecule has 0 saturated carbocycles. The molecule has 1 rings (SSSR count). The minimum absolute atomic E-state index is 1.01. The fourth-order valence-corrected chi connectivity index (χ4v) is 1.00. The van der Waals surface area contributed by atoms with Gasteiger partial charge in [0.2, 0.25) is 0 Å². The molecule has 0 radical (unpaired) electrons. The Morgan fingerprint density at radius 1 is 0.933 bits per heavy atom. The Labute approximate surface area is 81.3 Å². The standard InChI is InChI=1S/C7H2BF4NO2/c9-4-2(1-13)3(8(14)15)5(10)7(12)6(4)11/h14-15H. The van der Waals surface area contributed by atoms with Crippen LogP contribution in [0.4, 0.5) is 17.6 Å². The summed E-state index contributed by atoms with van der Waals surface area (Å²) in [6.45, 7) is 0. The van der Waals surface area contributed by atoms with Crippen molar-refractivity contribution in [1.29, 1.82) is 5.26 Å². The Hall–Kier alpha value is -1.59. The quantitative estimate of drug-likeness (QED) is 0.297. The summed E-state index contributed by atoms with van der Waals surface area (Å²) >= 11 is 0. The highest BCUT2D eigenvalue weighted by Crippen LogP contribution is 2.16. The van der Waals surface area contributed by atoms with Gasteiger partial charge in [0.25, 0.3) is 0 Å². The zero-order chi connectivity index (χ0) is 11.7. The molecule has 0 aromatic heterocycles. The molecule has 0 heterocycles. The summed E-state index contributed by atoms with van der Waals surface area (Å²) in [5, 5.41) is 25.4. The molecule has 1 aromatic rings. The molecule has 0 fully saturated rings. The average molecular weight is 219 g/mol. The van der Waals surface area contributed by atoms with Crippen molar-refractivity contribution in [3.63, 3.8) is 0 Å². The lowest BCUT2D eigenvalue weighted by molar-refractivity contribution is 0.397. The van der Waals surface area contributed by atoms with E-state index in [0.29, 0.717) is 0 Å². The van der Waals surface area contributed by atoms with Gasteiger partial charge in [-0.05, 0) is 0 Å². The molecule has 0 spiro atoms. The zero-order valence-corrected chi connectivity index (χ0v) is 6.93. The van der Waals surface area contributed by atoms with Gasteiger partial charge in [-0.25, -0.2) is 17.6 Å². The molecular weight excluding hydrogens is 217 g/mol. The predicted molar refractivity (Wildman–Crippen MR) is 40.8 cm³/mol. The van der Waals surface area contributed by atoms with Crippen LogP contribution in [-0.4, -0.2) is 17.2 Å². The minimum Gasteiger partial charge on any atom is -0.423 e. The fraction of sp³-hybridized carbons (Fsp3) is 0. The Balaban J connectivity index is 3.72. The first-order valence-electron chi connectivity index (χ1n) is 3.53. The highest BCUT2D eigenvalue weighted by Gasteiger charge is 2.31. The first kappa shape index (κ1) is 11.5. The predicted octanol–water partition coefficient (Wildman–Crippen LogP) is -0.206. The molecule has 15 heavy (non-hydrogen) atoms. The molecular formula is C7H2BF4NO2. The van der Waals surface area contributed by atoms with Crippen molar-refractivity contribution in [1.82, 2.24) is 0 Å². The van der Waals surface area contributed by atoms with Crippen LogP contribution in [0, 0.1) is 34.6 Å². The summed E-state index contributed by atoms with van der Waals surface area (Å²) in [5.74, 6) is -8.33. The summed E-state index contributed by atoms with van der Waals surface area (Å²) in [7, 11) is -2.61. The fourth-order valence-electron chi connectivity index (χ4n) is 1.00. The zero-order valence-electron chi connectivity index (χ0n) is 6.93. The Morgan fingerprint density at radius 3 is 1.80 bits per heavy atom. The van der Waals surface area contributed by atoms with E-state index in [4.69, 9.17) is 15.3 Å². The molecule has 0 aliphatic rings. The molecule has 0 atom stereocenters. The second-order valence-electron chi connectivity index (χ2n) is 2.53. The molecule has 0 amide bonds. The number of rotatable bonds is 1. The lowest BCUT2D eigenvalue weighted by Gasteiger charge is -2.07. The second kappa shape index (κ2) is 3.88. The van der Waals surface area contributed by atoms with Crippen molar-refractivity contribution in [2.75, 3.05) is 0 Å². The maximum absolute atomic E-state index is 12.9. The van der Waals surface area contributed by atoms with Gasteiger partial charge in [-0.2, -0.15) is 5.26 Å². The van der Waals surface area contributed by atoms with Gasteiger partial charge in [0.1, 0.15) is 6.07 Å². The van der Waals surface area contributed by atoms with Crippen LogP contribution in [0.5, 0.6) is 0 Å². The molecule has 1 aromatic carbocycles. The number of hydrogen-bond donors (Lipinski definition) is 2. The second-order valence-corrected chi connectivity index (χ2v) is 2.53. The smallest absolute Gasteiger partial charge is 0.423 e.